The summed E-state index contributed by atoms with van der Waals surface area (Å²) < 4.78 is 10.7. The molecule has 0 N–H and O–H groups in total. The van der Waals surface area contributed by atoms with Crippen molar-refractivity contribution >= 4 is 0 Å². The maximum atomic E-state index is 5.37. The third-order valence-corrected chi connectivity index (χ3v) is 2.34. The lowest BCUT2D eigenvalue weighted by atomic mass is 9.96. The molecule has 0 aromatic heterocycles. The van der Waals surface area contributed by atoms with Crippen LogP contribution in [-0.4, -0.2) is 19.5 Å². The fourth-order valence-corrected chi connectivity index (χ4v) is 1.67. The maximum absolute atomic E-state index is 5.37. The average molecular weight is 158 g/mol. The summed E-state index contributed by atoms with van der Waals surface area (Å²) >= 11 is 0. The van der Waals surface area contributed by atoms with Gasteiger partial charge >= 0.3 is 0 Å². The van der Waals surface area contributed by atoms with E-state index in [0.717, 1.165) is 19.1 Å². The van der Waals surface area contributed by atoms with Crippen molar-refractivity contribution in [2.45, 2.75) is 33.5 Å². The molecule has 2 heteroatoms. The van der Waals surface area contributed by atoms with E-state index in [0.29, 0.717) is 5.92 Å². The van der Waals surface area contributed by atoms with Gasteiger partial charge in [-0.25, -0.2) is 0 Å². The van der Waals surface area contributed by atoms with Crippen molar-refractivity contribution in [3.63, 3.8) is 0 Å². The first-order chi connectivity index (χ1) is 5.38. The summed E-state index contributed by atoms with van der Waals surface area (Å²) in [7, 11) is 0. The molecule has 0 bridgehead atoms. The number of hydrogen-bond acceptors (Lipinski definition) is 2. The Labute approximate surface area is 68.9 Å². The minimum absolute atomic E-state index is 0.153. The van der Waals surface area contributed by atoms with Gasteiger partial charge in [0.25, 0.3) is 0 Å². The summed E-state index contributed by atoms with van der Waals surface area (Å²) in [5.41, 5.74) is 0. The molecule has 2 rings (SSSR count). The van der Waals surface area contributed by atoms with Crippen molar-refractivity contribution in [3.05, 3.63) is 0 Å². The molecule has 2 saturated heterocycles. The normalized spacial score (nSPS) is 41.2. The molecule has 0 aromatic carbocycles. The van der Waals surface area contributed by atoms with Crippen LogP contribution in [0.2, 0.25) is 0 Å². The third kappa shape index (κ3) is 1.74. The first kappa shape index (κ1) is 9.01. The van der Waals surface area contributed by atoms with Crippen LogP contribution in [0.25, 0.3) is 0 Å². The highest BCUT2D eigenvalue weighted by Gasteiger charge is 2.38. The number of rotatable bonds is 0. The first-order valence-electron chi connectivity index (χ1n) is 4.61. The van der Waals surface area contributed by atoms with Crippen LogP contribution in [0.1, 0.15) is 27.2 Å². The Kier molecular flexibility index (Phi) is 3.34. The van der Waals surface area contributed by atoms with Crippen LogP contribution in [0.3, 0.4) is 0 Å². The van der Waals surface area contributed by atoms with Crippen LogP contribution in [0.15, 0.2) is 0 Å². The zero-order chi connectivity index (χ0) is 8.27. The second kappa shape index (κ2) is 4.07. The van der Waals surface area contributed by atoms with Crippen molar-refractivity contribution in [2.24, 2.45) is 11.8 Å². The Morgan fingerprint density at radius 2 is 1.91 bits per heavy atom. The molecule has 0 amide bonds. The lowest BCUT2D eigenvalue weighted by molar-refractivity contribution is -0.0905. The smallest absolute Gasteiger partial charge is 0.160 e. The molecule has 0 aliphatic carbocycles. The highest BCUT2D eigenvalue weighted by Crippen LogP contribution is 2.34. The quantitative estimate of drug-likeness (QED) is 0.537. The van der Waals surface area contributed by atoms with E-state index < -0.39 is 0 Å². The molecule has 66 valence electrons. The van der Waals surface area contributed by atoms with Gasteiger partial charge in [0.1, 0.15) is 0 Å². The van der Waals surface area contributed by atoms with Crippen LogP contribution >= 0.6 is 0 Å². The lowest BCUT2D eigenvalue weighted by Gasteiger charge is -2.07. The molecular weight excluding hydrogens is 140 g/mol. The monoisotopic (exact) mass is 158 g/mol. The zero-order valence-electron chi connectivity index (χ0n) is 7.67. The molecule has 2 aliphatic rings. The molecule has 0 radical (unpaired) electrons. The standard InChI is InChI=1S/C7H12O2.C2H6/c1-5-4-9-7-6(5)2-3-8-7;1-2/h5-7H,2-4H2,1H3;1-2H3/t5?,6-,7-;/m0./s1. The molecule has 11 heavy (non-hydrogen) atoms. The highest BCUT2D eigenvalue weighted by atomic mass is 16.7. The largest absolute Gasteiger partial charge is 0.352 e. The van der Waals surface area contributed by atoms with Gasteiger partial charge in [-0.2, -0.15) is 0 Å². The Balaban J connectivity index is 0.000000281. The Bertz CT molecular complexity index is 114. The summed E-state index contributed by atoms with van der Waals surface area (Å²) in [4.78, 5) is 0. The minimum Gasteiger partial charge on any atom is -0.352 e. The second-order valence-corrected chi connectivity index (χ2v) is 3.00. The van der Waals surface area contributed by atoms with Crippen LogP contribution in [0, 0.1) is 11.8 Å². The summed E-state index contributed by atoms with van der Waals surface area (Å²) in [6.07, 6.45) is 1.35. The van der Waals surface area contributed by atoms with Gasteiger partial charge in [-0.1, -0.05) is 20.8 Å². The second-order valence-electron chi connectivity index (χ2n) is 3.00. The van der Waals surface area contributed by atoms with Crippen LogP contribution in [0.4, 0.5) is 0 Å². The predicted octanol–water partition coefficient (Wildman–Crippen LogP) is 2.04. The minimum atomic E-state index is 0.153. The fraction of sp³-hybridized carbons (Fsp3) is 1.00. The first-order valence-corrected chi connectivity index (χ1v) is 4.61. The van der Waals surface area contributed by atoms with Gasteiger partial charge < -0.3 is 9.47 Å². The van der Waals surface area contributed by atoms with E-state index in [2.05, 4.69) is 6.92 Å². The van der Waals surface area contributed by atoms with Gasteiger partial charge in [-0.3, -0.25) is 0 Å². The molecule has 2 fully saturated rings. The molecule has 0 spiro atoms. The Hall–Kier alpha value is -0.0800. The molecule has 0 saturated carbocycles. The van der Waals surface area contributed by atoms with Gasteiger partial charge in [0, 0.05) is 5.92 Å². The molecular formula is C9H18O2. The van der Waals surface area contributed by atoms with Crippen molar-refractivity contribution in [1.82, 2.24) is 0 Å². The molecule has 2 aliphatic heterocycles. The predicted molar refractivity (Wildman–Crippen MR) is 44.3 cm³/mol. The molecule has 1 unspecified atom stereocenters. The number of hydrogen-bond donors (Lipinski definition) is 0. The summed E-state index contributed by atoms with van der Waals surface area (Å²) in [5.74, 6) is 1.42. The Morgan fingerprint density at radius 1 is 1.18 bits per heavy atom. The van der Waals surface area contributed by atoms with Crippen LogP contribution < -0.4 is 0 Å². The van der Waals surface area contributed by atoms with E-state index >= 15 is 0 Å². The van der Waals surface area contributed by atoms with Crippen molar-refractivity contribution in [3.8, 4) is 0 Å². The number of fused-ring (bicyclic) bond motifs is 1. The van der Waals surface area contributed by atoms with Gasteiger partial charge in [-0.05, 0) is 12.3 Å². The highest BCUT2D eigenvalue weighted by molar-refractivity contribution is 4.79. The third-order valence-electron chi connectivity index (χ3n) is 2.34. The lowest BCUT2D eigenvalue weighted by Crippen LogP contribution is -2.12. The van der Waals surface area contributed by atoms with E-state index in [4.69, 9.17) is 9.47 Å². The summed E-state index contributed by atoms with van der Waals surface area (Å²) in [6.45, 7) is 8.04. The SMILES string of the molecule is CC.CC1CO[C@@H]2OCC[C@@H]12. The van der Waals surface area contributed by atoms with Gasteiger partial charge in [0.05, 0.1) is 13.2 Å². The van der Waals surface area contributed by atoms with E-state index in [-0.39, 0.29) is 6.29 Å². The van der Waals surface area contributed by atoms with Crippen molar-refractivity contribution in [1.29, 1.82) is 0 Å². The summed E-state index contributed by atoms with van der Waals surface area (Å²) in [6, 6.07) is 0. The van der Waals surface area contributed by atoms with Crippen LogP contribution in [-0.2, 0) is 9.47 Å². The van der Waals surface area contributed by atoms with Crippen molar-refractivity contribution in [2.75, 3.05) is 13.2 Å². The van der Waals surface area contributed by atoms with E-state index in [1.807, 2.05) is 13.8 Å². The average Bonchev–Trinajstić information content (AvgIpc) is 2.60. The molecule has 3 atom stereocenters. The topological polar surface area (TPSA) is 18.5 Å². The van der Waals surface area contributed by atoms with Gasteiger partial charge in [-0.15, -0.1) is 0 Å². The zero-order valence-corrected chi connectivity index (χ0v) is 7.67. The maximum Gasteiger partial charge on any atom is 0.160 e. The molecule has 2 nitrogen and oxygen atoms in total. The summed E-state index contributed by atoms with van der Waals surface area (Å²) in [5, 5.41) is 0. The van der Waals surface area contributed by atoms with Crippen LogP contribution in [0.5, 0.6) is 0 Å². The van der Waals surface area contributed by atoms with E-state index in [1.165, 1.54) is 6.42 Å². The van der Waals surface area contributed by atoms with Gasteiger partial charge in [0.2, 0.25) is 0 Å². The fourth-order valence-electron chi connectivity index (χ4n) is 1.67. The number of ether oxygens (including phenoxy) is 2. The molecule has 2 heterocycles. The van der Waals surface area contributed by atoms with E-state index in [9.17, 15) is 0 Å². The Morgan fingerprint density at radius 3 is 2.55 bits per heavy atom. The molecule has 0 aromatic rings. The van der Waals surface area contributed by atoms with E-state index in [1.54, 1.807) is 0 Å². The van der Waals surface area contributed by atoms with Crippen molar-refractivity contribution < 1.29 is 9.47 Å². The van der Waals surface area contributed by atoms with Gasteiger partial charge in [0.15, 0.2) is 6.29 Å².